The molecule has 7 heteroatoms. The Morgan fingerprint density at radius 1 is 1.23 bits per heavy atom. The minimum atomic E-state index is -0.243. The molecule has 0 unspecified atom stereocenters. The number of ether oxygens (including phenoxy) is 2. The van der Waals surface area contributed by atoms with Crippen molar-refractivity contribution in [3.8, 4) is 22.6 Å². The standard InChI is InChI=1S/C24H22N2O4S/c1-14(10-21(27)26-24-25-8-9-31-24)18-12-19-20(16-6-5-7-17(11-16)28-3)13-30-23(19)15(2)22(18)29-4/h5-13H,1-4H3,(H,25,26,27)/b14-10+. The van der Waals surface area contributed by atoms with Crippen LogP contribution in [0.25, 0.3) is 27.7 Å². The molecule has 0 fully saturated rings. The number of nitrogens with one attached hydrogen (secondary N) is 1. The Balaban J connectivity index is 1.80. The van der Waals surface area contributed by atoms with Crippen molar-refractivity contribution in [3.63, 3.8) is 0 Å². The van der Waals surface area contributed by atoms with Crippen LogP contribution in [0.15, 0.2) is 58.7 Å². The number of furan rings is 1. The summed E-state index contributed by atoms with van der Waals surface area (Å²) in [5, 5.41) is 6.08. The number of methoxy groups -OCH3 is 2. The monoisotopic (exact) mass is 434 g/mol. The Bertz CT molecular complexity index is 1270. The molecule has 0 saturated heterocycles. The number of hydrogen-bond donors (Lipinski definition) is 1. The molecular weight excluding hydrogens is 412 g/mol. The molecule has 0 spiro atoms. The second kappa shape index (κ2) is 8.65. The lowest BCUT2D eigenvalue weighted by Gasteiger charge is -2.13. The third kappa shape index (κ3) is 4.04. The molecule has 4 aromatic rings. The van der Waals surface area contributed by atoms with Gasteiger partial charge >= 0.3 is 0 Å². The molecule has 4 rings (SSSR count). The zero-order chi connectivity index (χ0) is 22.0. The van der Waals surface area contributed by atoms with E-state index in [9.17, 15) is 4.79 Å². The topological polar surface area (TPSA) is 73.6 Å². The van der Waals surface area contributed by atoms with Crippen molar-refractivity contribution in [2.24, 2.45) is 0 Å². The number of amides is 1. The Kier molecular flexibility index (Phi) is 5.77. The summed E-state index contributed by atoms with van der Waals surface area (Å²) in [5.74, 6) is 1.20. The lowest BCUT2D eigenvalue weighted by atomic mass is 9.96. The van der Waals surface area contributed by atoms with Crippen molar-refractivity contribution in [2.75, 3.05) is 19.5 Å². The molecule has 158 valence electrons. The van der Waals surface area contributed by atoms with E-state index in [0.717, 1.165) is 44.5 Å². The first-order valence-corrected chi connectivity index (χ1v) is 10.5. The third-order valence-electron chi connectivity index (χ3n) is 5.06. The minimum Gasteiger partial charge on any atom is -0.497 e. The number of nitrogens with zero attached hydrogens (tertiary/aromatic N) is 1. The molecule has 2 aromatic heterocycles. The lowest BCUT2D eigenvalue weighted by Crippen LogP contribution is -2.08. The maximum Gasteiger partial charge on any atom is 0.250 e. The van der Waals surface area contributed by atoms with Crippen LogP contribution >= 0.6 is 11.3 Å². The average Bonchev–Trinajstić information content (AvgIpc) is 3.43. The molecule has 31 heavy (non-hydrogen) atoms. The first-order valence-electron chi connectivity index (χ1n) is 9.64. The molecule has 0 radical (unpaired) electrons. The number of rotatable bonds is 6. The van der Waals surface area contributed by atoms with Gasteiger partial charge in [0, 0.05) is 39.7 Å². The largest absolute Gasteiger partial charge is 0.497 e. The highest BCUT2D eigenvalue weighted by Gasteiger charge is 2.19. The van der Waals surface area contributed by atoms with Crippen LogP contribution in [-0.4, -0.2) is 25.1 Å². The van der Waals surface area contributed by atoms with Crippen LogP contribution in [0.5, 0.6) is 11.5 Å². The van der Waals surface area contributed by atoms with E-state index >= 15 is 0 Å². The SMILES string of the molecule is COc1cccc(-c2coc3c(C)c(OC)c(/C(C)=C/C(=O)Nc4nccs4)cc23)c1. The highest BCUT2D eigenvalue weighted by atomic mass is 32.1. The van der Waals surface area contributed by atoms with Gasteiger partial charge in [0.15, 0.2) is 5.13 Å². The summed E-state index contributed by atoms with van der Waals surface area (Å²) >= 11 is 1.37. The fourth-order valence-corrected chi connectivity index (χ4v) is 4.12. The summed E-state index contributed by atoms with van der Waals surface area (Å²) in [6, 6.07) is 9.82. The van der Waals surface area contributed by atoms with Crippen LogP contribution in [0.3, 0.4) is 0 Å². The van der Waals surface area contributed by atoms with Gasteiger partial charge in [-0.3, -0.25) is 10.1 Å². The number of hydrogen-bond acceptors (Lipinski definition) is 6. The fourth-order valence-electron chi connectivity index (χ4n) is 3.59. The molecule has 2 heterocycles. The zero-order valence-electron chi connectivity index (χ0n) is 17.7. The minimum absolute atomic E-state index is 0.243. The molecule has 0 aliphatic rings. The van der Waals surface area contributed by atoms with E-state index in [1.54, 1.807) is 32.8 Å². The first-order chi connectivity index (χ1) is 15.0. The normalized spacial score (nSPS) is 11.5. The van der Waals surface area contributed by atoms with Crippen LogP contribution in [0.1, 0.15) is 18.1 Å². The molecule has 0 aliphatic heterocycles. The zero-order valence-corrected chi connectivity index (χ0v) is 18.5. The van der Waals surface area contributed by atoms with Crippen molar-refractivity contribution < 1.29 is 18.7 Å². The molecule has 0 atom stereocenters. The second-order valence-corrected chi connectivity index (χ2v) is 7.89. The molecule has 6 nitrogen and oxygen atoms in total. The van der Waals surface area contributed by atoms with Crippen LogP contribution in [0.2, 0.25) is 0 Å². The van der Waals surface area contributed by atoms with Gasteiger partial charge in [0.25, 0.3) is 0 Å². The van der Waals surface area contributed by atoms with Crippen LogP contribution in [-0.2, 0) is 4.79 Å². The number of fused-ring (bicyclic) bond motifs is 1. The Morgan fingerprint density at radius 3 is 2.77 bits per heavy atom. The van der Waals surface area contributed by atoms with Gasteiger partial charge in [-0.15, -0.1) is 11.3 Å². The quantitative estimate of drug-likeness (QED) is 0.381. The molecule has 0 saturated carbocycles. The van der Waals surface area contributed by atoms with Gasteiger partial charge in [0.05, 0.1) is 20.5 Å². The maximum absolute atomic E-state index is 12.5. The van der Waals surface area contributed by atoms with Crippen LogP contribution in [0, 0.1) is 6.92 Å². The Morgan fingerprint density at radius 2 is 2.06 bits per heavy atom. The summed E-state index contributed by atoms with van der Waals surface area (Å²) < 4.78 is 17.0. The Hall–Kier alpha value is -3.58. The summed E-state index contributed by atoms with van der Waals surface area (Å²) in [5.41, 5.74) is 5.15. The number of aryl methyl sites for hydroxylation is 1. The number of allylic oxidation sites excluding steroid dienone is 1. The number of carbonyl (C=O) groups excluding carboxylic acids is 1. The predicted octanol–water partition coefficient (Wildman–Crippen LogP) is 5.92. The highest BCUT2D eigenvalue weighted by Crippen LogP contribution is 2.41. The van der Waals surface area contributed by atoms with Crippen LogP contribution in [0.4, 0.5) is 5.13 Å². The van der Waals surface area contributed by atoms with Crippen molar-refractivity contribution in [1.82, 2.24) is 4.98 Å². The molecule has 0 bridgehead atoms. The van der Waals surface area contributed by atoms with Gasteiger partial charge in [-0.1, -0.05) is 12.1 Å². The Labute approximate surface area is 184 Å². The third-order valence-corrected chi connectivity index (χ3v) is 5.75. The van der Waals surface area contributed by atoms with E-state index in [4.69, 9.17) is 13.9 Å². The number of anilines is 1. The molecule has 2 aromatic carbocycles. The maximum atomic E-state index is 12.5. The van der Waals surface area contributed by atoms with Crippen molar-refractivity contribution in [2.45, 2.75) is 13.8 Å². The predicted molar refractivity (Wildman–Crippen MR) is 124 cm³/mol. The summed E-state index contributed by atoms with van der Waals surface area (Å²) in [6.07, 6.45) is 4.94. The van der Waals surface area contributed by atoms with E-state index in [2.05, 4.69) is 10.3 Å². The summed E-state index contributed by atoms with van der Waals surface area (Å²) in [7, 11) is 3.26. The van der Waals surface area contributed by atoms with E-state index in [1.807, 2.05) is 49.6 Å². The fraction of sp³-hybridized carbons (Fsp3) is 0.167. The van der Waals surface area contributed by atoms with Gasteiger partial charge < -0.3 is 13.9 Å². The molecule has 1 amide bonds. The van der Waals surface area contributed by atoms with E-state index in [1.165, 1.54) is 11.3 Å². The number of carbonyl (C=O) groups is 1. The lowest BCUT2D eigenvalue weighted by molar-refractivity contribution is -0.111. The smallest absolute Gasteiger partial charge is 0.250 e. The van der Waals surface area contributed by atoms with Gasteiger partial charge in [-0.25, -0.2) is 4.98 Å². The van der Waals surface area contributed by atoms with E-state index in [0.29, 0.717) is 10.9 Å². The van der Waals surface area contributed by atoms with Gasteiger partial charge in [0.2, 0.25) is 5.91 Å². The molecule has 0 aliphatic carbocycles. The van der Waals surface area contributed by atoms with Crippen LogP contribution < -0.4 is 14.8 Å². The molecule has 1 N–H and O–H groups in total. The number of aromatic nitrogens is 1. The second-order valence-electron chi connectivity index (χ2n) is 6.99. The first kappa shape index (κ1) is 20.7. The summed E-state index contributed by atoms with van der Waals surface area (Å²) in [6.45, 7) is 3.84. The van der Waals surface area contributed by atoms with Gasteiger partial charge in [-0.05, 0) is 43.2 Å². The number of thiazole rings is 1. The molecular formula is C24H22N2O4S. The highest BCUT2D eigenvalue weighted by molar-refractivity contribution is 7.13. The van der Waals surface area contributed by atoms with E-state index < -0.39 is 0 Å². The number of benzene rings is 2. The van der Waals surface area contributed by atoms with Gasteiger partial charge in [-0.2, -0.15) is 0 Å². The van der Waals surface area contributed by atoms with Gasteiger partial charge in [0.1, 0.15) is 17.1 Å². The van der Waals surface area contributed by atoms with E-state index in [-0.39, 0.29) is 5.91 Å². The van der Waals surface area contributed by atoms with Crippen molar-refractivity contribution in [1.29, 1.82) is 0 Å². The van der Waals surface area contributed by atoms with Crippen molar-refractivity contribution >= 4 is 38.9 Å². The summed E-state index contributed by atoms with van der Waals surface area (Å²) in [4.78, 5) is 16.5. The average molecular weight is 435 g/mol. The van der Waals surface area contributed by atoms with Crippen molar-refractivity contribution in [3.05, 3.63) is 65.4 Å².